The highest BCUT2D eigenvalue weighted by Crippen LogP contribution is 2.28. The van der Waals surface area contributed by atoms with Crippen LogP contribution in [0.5, 0.6) is 0 Å². The number of likely N-dealkylation sites (N-methyl/N-ethyl adjacent to an activating group) is 1. The summed E-state index contributed by atoms with van der Waals surface area (Å²) in [5, 5.41) is 0. The molecule has 0 aliphatic heterocycles. The third kappa shape index (κ3) is 3.52. The second-order valence-corrected chi connectivity index (χ2v) is 3.99. The first-order chi connectivity index (χ1) is 7.71. The summed E-state index contributed by atoms with van der Waals surface area (Å²) in [5.74, 6) is -0.242. The molecule has 1 rings (SSSR count). The minimum Gasteiger partial charge on any atom is -0.302 e. The van der Waals surface area contributed by atoms with Crippen LogP contribution in [0.1, 0.15) is 21.7 Å². The third-order valence-electron chi connectivity index (χ3n) is 2.14. The van der Waals surface area contributed by atoms with Crippen LogP contribution in [0, 0.1) is 6.92 Å². The predicted molar refractivity (Wildman–Crippen MR) is 56.9 cm³/mol. The van der Waals surface area contributed by atoms with Gasteiger partial charge in [0.2, 0.25) is 0 Å². The van der Waals surface area contributed by atoms with E-state index in [0.29, 0.717) is 0 Å². The van der Waals surface area contributed by atoms with Crippen molar-refractivity contribution in [3.05, 3.63) is 29.1 Å². The number of pyridine rings is 1. The number of hydrogen-bond donors (Lipinski definition) is 0. The number of aromatic nitrogens is 1. The number of nitrogens with zero attached hydrogens (tertiary/aromatic N) is 2. The van der Waals surface area contributed by atoms with E-state index in [1.165, 1.54) is 13.0 Å². The standard InChI is InChI=1S/C11H13F3N2O/c1-7-8(9(17)6-16(2)3)4-5-10(15-7)11(12,13)14/h4-5H,6H2,1-3H3. The Hall–Kier alpha value is -1.43. The Labute approximate surface area is 97.3 Å². The maximum atomic E-state index is 12.4. The van der Waals surface area contributed by atoms with Crippen LogP contribution < -0.4 is 0 Å². The van der Waals surface area contributed by atoms with Crippen LogP contribution in [0.2, 0.25) is 0 Å². The van der Waals surface area contributed by atoms with Crippen molar-refractivity contribution in [1.29, 1.82) is 0 Å². The van der Waals surface area contributed by atoms with Gasteiger partial charge in [-0.2, -0.15) is 13.2 Å². The summed E-state index contributed by atoms with van der Waals surface area (Å²) in [6.45, 7) is 1.55. The Kier molecular flexibility index (Phi) is 3.87. The van der Waals surface area contributed by atoms with Crippen molar-refractivity contribution < 1.29 is 18.0 Å². The van der Waals surface area contributed by atoms with Crippen molar-refractivity contribution in [1.82, 2.24) is 9.88 Å². The third-order valence-corrected chi connectivity index (χ3v) is 2.14. The van der Waals surface area contributed by atoms with Gasteiger partial charge in [-0.25, -0.2) is 4.98 Å². The number of rotatable bonds is 3. The lowest BCUT2D eigenvalue weighted by Crippen LogP contribution is -2.23. The maximum Gasteiger partial charge on any atom is 0.433 e. The molecule has 3 nitrogen and oxygen atoms in total. The highest BCUT2D eigenvalue weighted by molar-refractivity contribution is 5.98. The minimum atomic E-state index is -4.48. The van der Waals surface area contributed by atoms with E-state index in [4.69, 9.17) is 0 Å². The Morgan fingerprint density at radius 2 is 1.94 bits per heavy atom. The molecule has 1 aromatic rings. The van der Waals surface area contributed by atoms with E-state index >= 15 is 0 Å². The quantitative estimate of drug-likeness (QED) is 0.766. The number of carbonyl (C=O) groups is 1. The van der Waals surface area contributed by atoms with Crippen LogP contribution in [0.15, 0.2) is 12.1 Å². The SMILES string of the molecule is Cc1nc(C(F)(F)F)ccc1C(=O)CN(C)C. The highest BCUT2D eigenvalue weighted by Gasteiger charge is 2.32. The van der Waals surface area contributed by atoms with Gasteiger partial charge in [-0.05, 0) is 33.2 Å². The summed E-state index contributed by atoms with van der Waals surface area (Å²) >= 11 is 0. The Bertz CT molecular complexity index is 427. The monoisotopic (exact) mass is 246 g/mol. The first kappa shape index (κ1) is 13.6. The van der Waals surface area contributed by atoms with Crippen LogP contribution >= 0.6 is 0 Å². The summed E-state index contributed by atoms with van der Waals surface area (Å²) in [6.07, 6.45) is -4.48. The van der Waals surface area contributed by atoms with Crippen LogP contribution in [-0.4, -0.2) is 36.3 Å². The number of aryl methyl sites for hydroxylation is 1. The molecule has 0 unspecified atom stereocenters. The molecule has 0 atom stereocenters. The smallest absolute Gasteiger partial charge is 0.302 e. The Morgan fingerprint density at radius 3 is 2.35 bits per heavy atom. The molecule has 0 N–H and O–H groups in total. The number of hydrogen-bond acceptors (Lipinski definition) is 3. The van der Waals surface area contributed by atoms with Crippen molar-refractivity contribution in [3.8, 4) is 0 Å². The molecule has 0 aliphatic carbocycles. The number of ketones is 1. The Balaban J connectivity index is 3.02. The van der Waals surface area contributed by atoms with Crippen LogP contribution in [0.4, 0.5) is 13.2 Å². The topological polar surface area (TPSA) is 33.2 Å². The molecule has 0 bridgehead atoms. The van der Waals surface area contributed by atoms with Crippen LogP contribution in [0.3, 0.4) is 0 Å². The molecule has 0 aliphatic rings. The van der Waals surface area contributed by atoms with E-state index in [2.05, 4.69) is 4.98 Å². The maximum absolute atomic E-state index is 12.4. The van der Waals surface area contributed by atoms with E-state index in [9.17, 15) is 18.0 Å². The summed E-state index contributed by atoms with van der Waals surface area (Å²) in [5.41, 5.74) is -0.644. The summed E-state index contributed by atoms with van der Waals surface area (Å²) in [4.78, 5) is 16.7. The van der Waals surface area contributed by atoms with Crippen LogP contribution in [0.25, 0.3) is 0 Å². The fourth-order valence-corrected chi connectivity index (χ4v) is 1.39. The molecule has 0 amide bonds. The fraction of sp³-hybridized carbons (Fsp3) is 0.455. The number of Topliss-reactive ketones (excluding diaryl/α,β-unsaturated/α-hetero) is 1. The van der Waals surface area contributed by atoms with E-state index in [-0.39, 0.29) is 23.6 Å². The lowest BCUT2D eigenvalue weighted by Gasteiger charge is -2.11. The predicted octanol–water partition coefficient (Wildman–Crippen LogP) is 2.15. The van der Waals surface area contributed by atoms with Gasteiger partial charge in [0.05, 0.1) is 6.54 Å². The molecule has 17 heavy (non-hydrogen) atoms. The van der Waals surface area contributed by atoms with Gasteiger partial charge in [0.15, 0.2) is 5.78 Å². The second kappa shape index (κ2) is 4.83. The number of carbonyl (C=O) groups excluding carboxylic acids is 1. The zero-order chi connectivity index (χ0) is 13.2. The first-order valence-corrected chi connectivity index (χ1v) is 4.94. The summed E-state index contributed by atoms with van der Waals surface area (Å²) in [7, 11) is 3.43. The lowest BCUT2D eigenvalue weighted by molar-refractivity contribution is -0.141. The van der Waals surface area contributed by atoms with Crippen molar-refractivity contribution in [2.45, 2.75) is 13.1 Å². The average molecular weight is 246 g/mol. The van der Waals surface area contributed by atoms with Crippen molar-refractivity contribution in [2.75, 3.05) is 20.6 Å². The fourth-order valence-electron chi connectivity index (χ4n) is 1.39. The number of alkyl halides is 3. The molecular formula is C11H13F3N2O. The zero-order valence-electron chi connectivity index (χ0n) is 9.80. The molecule has 0 radical (unpaired) electrons. The first-order valence-electron chi connectivity index (χ1n) is 4.94. The molecule has 94 valence electrons. The van der Waals surface area contributed by atoms with Crippen molar-refractivity contribution in [2.24, 2.45) is 0 Å². The van der Waals surface area contributed by atoms with E-state index in [1.54, 1.807) is 19.0 Å². The molecule has 0 aromatic carbocycles. The molecule has 0 fully saturated rings. The van der Waals surface area contributed by atoms with Gasteiger partial charge in [0.1, 0.15) is 5.69 Å². The summed E-state index contributed by atoms with van der Waals surface area (Å²) < 4.78 is 37.1. The summed E-state index contributed by atoms with van der Waals surface area (Å²) in [6, 6.07) is 2.01. The van der Waals surface area contributed by atoms with Crippen molar-refractivity contribution in [3.63, 3.8) is 0 Å². The van der Waals surface area contributed by atoms with Gasteiger partial charge in [0.25, 0.3) is 0 Å². The molecule has 1 aromatic heterocycles. The lowest BCUT2D eigenvalue weighted by atomic mass is 10.1. The number of halogens is 3. The average Bonchev–Trinajstić information content (AvgIpc) is 2.14. The Morgan fingerprint density at radius 1 is 1.35 bits per heavy atom. The molecule has 1 heterocycles. The highest BCUT2D eigenvalue weighted by atomic mass is 19.4. The van der Waals surface area contributed by atoms with Crippen molar-refractivity contribution >= 4 is 5.78 Å². The van der Waals surface area contributed by atoms with Gasteiger partial charge >= 0.3 is 6.18 Å². The van der Waals surface area contributed by atoms with Gasteiger partial charge in [0, 0.05) is 11.3 Å². The molecule has 0 saturated heterocycles. The normalized spacial score (nSPS) is 11.9. The van der Waals surface area contributed by atoms with E-state index < -0.39 is 11.9 Å². The van der Waals surface area contributed by atoms with E-state index in [0.717, 1.165) is 6.07 Å². The van der Waals surface area contributed by atoms with Gasteiger partial charge in [-0.15, -0.1) is 0 Å². The molecule has 0 spiro atoms. The van der Waals surface area contributed by atoms with Crippen LogP contribution in [-0.2, 0) is 6.18 Å². The van der Waals surface area contributed by atoms with Gasteiger partial charge in [-0.1, -0.05) is 0 Å². The van der Waals surface area contributed by atoms with Gasteiger partial charge < -0.3 is 4.90 Å². The molecule has 6 heteroatoms. The van der Waals surface area contributed by atoms with E-state index in [1.807, 2.05) is 0 Å². The molecular weight excluding hydrogens is 233 g/mol. The second-order valence-electron chi connectivity index (χ2n) is 3.99. The largest absolute Gasteiger partial charge is 0.433 e. The minimum absolute atomic E-state index is 0.103. The zero-order valence-corrected chi connectivity index (χ0v) is 9.80. The molecule has 0 saturated carbocycles. The van der Waals surface area contributed by atoms with Gasteiger partial charge in [-0.3, -0.25) is 4.79 Å².